The van der Waals surface area contributed by atoms with Crippen molar-refractivity contribution in [2.75, 3.05) is 31.6 Å². The number of nitrogens with one attached hydrogen (secondary N) is 1. The van der Waals surface area contributed by atoms with Gasteiger partial charge in [-0.05, 0) is 81.4 Å². The van der Waals surface area contributed by atoms with Crippen LogP contribution in [0.25, 0.3) is 6.08 Å². The molecular weight excluding hydrogens is 474 g/mol. The number of ether oxygens (including phenoxy) is 1. The van der Waals surface area contributed by atoms with E-state index in [1.165, 1.54) is 12.8 Å². The predicted molar refractivity (Wildman–Crippen MR) is 153 cm³/mol. The molecule has 1 heterocycles. The lowest BCUT2D eigenvalue weighted by atomic mass is 10.1. The second-order valence-corrected chi connectivity index (χ2v) is 9.85. The van der Waals surface area contributed by atoms with Crippen LogP contribution in [-0.4, -0.2) is 43.4 Å². The van der Waals surface area contributed by atoms with Crippen LogP contribution in [0, 0.1) is 6.92 Å². The molecule has 0 aromatic heterocycles. The zero-order valence-electron chi connectivity index (χ0n) is 22.6. The first-order valence-electron chi connectivity index (χ1n) is 13.4. The molecule has 0 aliphatic carbocycles. The quantitative estimate of drug-likeness (QED) is 0.261. The Balaban J connectivity index is 1.42. The van der Waals surface area contributed by atoms with Gasteiger partial charge >= 0.3 is 0 Å². The van der Waals surface area contributed by atoms with Gasteiger partial charge in [-0.2, -0.15) is 0 Å². The molecule has 6 heteroatoms. The summed E-state index contributed by atoms with van der Waals surface area (Å²) in [6.45, 7) is 7.37. The summed E-state index contributed by atoms with van der Waals surface area (Å²) in [5.74, 6) is 0.600. The first-order chi connectivity index (χ1) is 18.4. The molecule has 1 N–H and O–H groups in total. The molecule has 3 aromatic rings. The predicted octanol–water partition coefficient (Wildman–Crippen LogP) is 5.81. The highest BCUT2D eigenvalue weighted by Gasteiger charge is 2.30. The van der Waals surface area contributed by atoms with E-state index in [9.17, 15) is 9.59 Å². The van der Waals surface area contributed by atoms with E-state index in [-0.39, 0.29) is 17.6 Å². The van der Waals surface area contributed by atoms with E-state index in [4.69, 9.17) is 4.74 Å². The Kier molecular flexibility index (Phi) is 9.33. The Morgan fingerprint density at radius 3 is 2.53 bits per heavy atom. The number of carbonyl (C=O) groups is 2. The van der Waals surface area contributed by atoms with Crippen molar-refractivity contribution >= 4 is 23.6 Å². The van der Waals surface area contributed by atoms with Gasteiger partial charge in [0.25, 0.3) is 11.8 Å². The van der Waals surface area contributed by atoms with Gasteiger partial charge in [0, 0.05) is 12.1 Å². The summed E-state index contributed by atoms with van der Waals surface area (Å²) in [5, 5.41) is 3.00. The maximum absolute atomic E-state index is 13.5. The smallest absolute Gasteiger partial charge is 0.294 e. The summed E-state index contributed by atoms with van der Waals surface area (Å²) in [4.78, 5) is 30.1. The Bertz CT molecular complexity index is 1280. The van der Waals surface area contributed by atoms with E-state index >= 15 is 0 Å². The lowest BCUT2D eigenvalue weighted by Crippen LogP contribution is -2.36. The highest BCUT2D eigenvalue weighted by Crippen LogP contribution is 2.36. The number of amides is 2. The topological polar surface area (TPSA) is 61.9 Å². The molecule has 0 unspecified atom stereocenters. The molecular formula is C32H37N3O3. The number of unbranched alkanes of at least 4 members (excludes halogenated alkanes) is 1. The number of carbonyl (C=O) groups excluding carboxylic acids is 2. The number of fused-ring (bicyclic) bond motifs is 1. The number of hydrogen-bond donors (Lipinski definition) is 1. The van der Waals surface area contributed by atoms with Crippen molar-refractivity contribution in [3.05, 3.63) is 101 Å². The first-order valence-corrected chi connectivity index (χ1v) is 13.4. The van der Waals surface area contributed by atoms with Crippen molar-refractivity contribution < 1.29 is 14.3 Å². The van der Waals surface area contributed by atoms with Gasteiger partial charge in [-0.1, -0.05) is 67.4 Å². The van der Waals surface area contributed by atoms with Crippen LogP contribution in [-0.2, 0) is 11.3 Å². The number of aryl methyl sites for hydroxylation is 1. The van der Waals surface area contributed by atoms with E-state index in [0.717, 1.165) is 41.9 Å². The van der Waals surface area contributed by atoms with Crippen molar-refractivity contribution in [1.82, 2.24) is 10.2 Å². The molecule has 0 spiro atoms. The summed E-state index contributed by atoms with van der Waals surface area (Å²) < 4.78 is 6.01. The third kappa shape index (κ3) is 7.11. The van der Waals surface area contributed by atoms with Crippen LogP contribution < -0.4 is 15.0 Å². The minimum Gasteiger partial charge on any atom is -0.449 e. The van der Waals surface area contributed by atoms with Crippen LogP contribution in [0.3, 0.4) is 0 Å². The molecule has 1 aliphatic heterocycles. The average molecular weight is 512 g/mol. The molecule has 198 valence electrons. The Hall–Kier alpha value is -3.90. The van der Waals surface area contributed by atoms with Gasteiger partial charge in [-0.15, -0.1) is 0 Å². The Labute approximate surface area is 225 Å². The molecule has 3 aromatic carbocycles. The minimum atomic E-state index is -0.198. The number of anilines is 1. The lowest BCUT2D eigenvalue weighted by Gasteiger charge is -2.30. The number of hydrogen-bond acceptors (Lipinski definition) is 4. The first kappa shape index (κ1) is 27.1. The van der Waals surface area contributed by atoms with Gasteiger partial charge in [0.2, 0.25) is 0 Å². The number of rotatable bonds is 11. The van der Waals surface area contributed by atoms with Gasteiger partial charge in [-0.25, -0.2) is 0 Å². The fraction of sp³-hybridized carbons (Fsp3) is 0.312. The second-order valence-electron chi connectivity index (χ2n) is 9.85. The fourth-order valence-electron chi connectivity index (χ4n) is 4.49. The van der Waals surface area contributed by atoms with Gasteiger partial charge in [0.05, 0.1) is 12.2 Å². The summed E-state index contributed by atoms with van der Waals surface area (Å²) >= 11 is 0. The van der Waals surface area contributed by atoms with Crippen LogP contribution in [0.2, 0.25) is 0 Å². The monoisotopic (exact) mass is 511 g/mol. The van der Waals surface area contributed by atoms with Crippen molar-refractivity contribution in [3.63, 3.8) is 0 Å². The number of nitrogens with zero attached hydrogens (tertiary/aromatic N) is 2. The summed E-state index contributed by atoms with van der Waals surface area (Å²) in [6.07, 6.45) is 5.03. The van der Waals surface area contributed by atoms with Crippen LogP contribution in [0.15, 0.2) is 78.6 Å². The zero-order chi connectivity index (χ0) is 26.9. The fourth-order valence-corrected chi connectivity index (χ4v) is 4.49. The van der Waals surface area contributed by atoms with E-state index in [1.54, 1.807) is 23.1 Å². The van der Waals surface area contributed by atoms with Crippen molar-refractivity contribution in [3.8, 4) is 5.75 Å². The Morgan fingerprint density at radius 2 is 1.76 bits per heavy atom. The van der Waals surface area contributed by atoms with Crippen molar-refractivity contribution in [1.29, 1.82) is 0 Å². The SMILES string of the molecule is CCCCN(C)CCCNC(=O)c1ccc(C=C2Oc3ccccc3N(Cc3cccc(C)c3)C2=O)cc1. The summed E-state index contributed by atoms with van der Waals surface area (Å²) in [7, 11) is 2.12. The molecule has 0 saturated heterocycles. The van der Waals surface area contributed by atoms with E-state index in [2.05, 4.69) is 30.3 Å². The molecule has 38 heavy (non-hydrogen) atoms. The molecule has 0 saturated carbocycles. The second kappa shape index (κ2) is 13.1. The van der Waals surface area contributed by atoms with E-state index in [1.807, 2.05) is 61.5 Å². The van der Waals surface area contributed by atoms with E-state index < -0.39 is 0 Å². The molecule has 4 rings (SSSR count). The largest absolute Gasteiger partial charge is 0.449 e. The zero-order valence-corrected chi connectivity index (χ0v) is 22.6. The maximum Gasteiger partial charge on any atom is 0.294 e. The molecule has 0 fully saturated rings. The number of benzene rings is 3. The van der Waals surface area contributed by atoms with Gasteiger partial charge in [-0.3, -0.25) is 14.5 Å². The molecule has 0 bridgehead atoms. The highest BCUT2D eigenvalue weighted by molar-refractivity contribution is 6.09. The third-order valence-corrected chi connectivity index (χ3v) is 6.62. The minimum absolute atomic E-state index is 0.0938. The molecule has 2 amide bonds. The molecule has 6 nitrogen and oxygen atoms in total. The van der Waals surface area contributed by atoms with Crippen LogP contribution in [0.4, 0.5) is 5.69 Å². The number of para-hydroxylation sites is 2. The Morgan fingerprint density at radius 1 is 1.00 bits per heavy atom. The maximum atomic E-state index is 13.5. The van der Waals surface area contributed by atoms with Crippen LogP contribution >= 0.6 is 0 Å². The normalized spacial score (nSPS) is 13.9. The average Bonchev–Trinajstić information content (AvgIpc) is 2.92. The highest BCUT2D eigenvalue weighted by atomic mass is 16.5. The van der Waals surface area contributed by atoms with Gasteiger partial charge in [0.1, 0.15) is 0 Å². The van der Waals surface area contributed by atoms with Crippen molar-refractivity contribution in [2.45, 2.75) is 39.7 Å². The van der Waals surface area contributed by atoms with Crippen molar-refractivity contribution in [2.24, 2.45) is 0 Å². The molecule has 0 radical (unpaired) electrons. The molecule has 1 aliphatic rings. The van der Waals surface area contributed by atoms with Gasteiger partial charge in [0.15, 0.2) is 11.5 Å². The third-order valence-electron chi connectivity index (χ3n) is 6.62. The lowest BCUT2D eigenvalue weighted by molar-refractivity contribution is -0.117. The summed E-state index contributed by atoms with van der Waals surface area (Å²) in [5.41, 5.74) is 4.33. The van der Waals surface area contributed by atoms with E-state index in [0.29, 0.717) is 24.4 Å². The van der Waals surface area contributed by atoms with Crippen LogP contribution in [0.5, 0.6) is 5.75 Å². The summed E-state index contributed by atoms with van der Waals surface area (Å²) in [6, 6.07) is 23.0. The standard InChI is InChI=1S/C32H37N3O3/c1-4-5-19-34(3)20-9-18-33-31(36)27-16-14-25(15-17-27)22-30-32(37)35(23-26-11-8-10-24(2)21-26)28-12-6-7-13-29(28)38-30/h6-8,10-17,21-22H,4-5,9,18-20,23H2,1-3H3,(H,33,36). The van der Waals surface area contributed by atoms with Gasteiger partial charge < -0.3 is 15.0 Å². The van der Waals surface area contributed by atoms with Crippen LogP contribution in [0.1, 0.15) is 53.2 Å². The molecule has 0 atom stereocenters.